The molecule has 0 bridgehead atoms. The van der Waals surface area contributed by atoms with Gasteiger partial charge in [0.25, 0.3) is 0 Å². The minimum absolute atomic E-state index is 0.453. The molecule has 0 spiro atoms. The second kappa shape index (κ2) is 4.13. The largest absolute Gasteiger partial charge is 0.389 e. The van der Waals surface area contributed by atoms with E-state index in [1.165, 1.54) is 4.88 Å². The number of pyridine rings is 1. The summed E-state index contributed by atoms with van der Waals surface area (Å²) in [6.07, 6.45) is 3.07. The number of aromatic nitrogens is 1. The maximum absolute atomic E-state index is 9.65. The molecule has 0 aliphatic carbocycles. The zero-order valence-electron chi connectivity index (χ0n) is 8.77. The van der Waals surface area contributed by atoms with Gasteiger partial charge >= 0.3 is 0 Å². The van der Waals surface area contributed by atoms with E-state index in [1.54, 1.807) is 24.5 Å². The van der Waals surface area contributed by atoms with E-state index < -0.39 is 6.10 Å². The Labute approximate surface area is 93.2 Å². The number of hydrogen-bond donors (Lipinski definition) is 1. The number of rotatable bonds is 2. The molecular formula is C12H13NOS. The van der Waals surface area contributed by atoms with Crippen molar-refractivity contribution in [3.8, 4) is 10.4 Å². The maximum Gasteiger partial charge on any atom is 0.0769 e. The summed E-state index contributed by atoms with van der Waals surface area (Å²) in [6, 6.07) is 6.02. The van der Waals surface area contributed by atoms with Gasteiger partial charge in [0.05, 0.1) is 6.10 Å². The molecule has 0 aromatic carbocycles. The first kappa shape index (κ1) is 10.3. The Balaban J connectivity index is 2.52. The van der Waals surface area contributed by atoms with Gasteiger partial charge in [0.2, 0.25) is 0 Å². The zero-order chi connectivity index (χ0) is 10.8. The second-order valence-corrected chi connectivity index (χ2v) is 4.84. The van der Waals surface area contributed by atoms with Gasteiger partial charge < -0.3 is 5.11 Å². The first-order chi connectivity index (χ1) is 7.18. The number of thiophene rings is 1. The van der Waals surface area contributed by atoms with E-state index in [1.807, 2.05) is 12.3 Å². The molecule has 15 heavy (non-hydrogen) atoms. The van der Waals surface area contributed by atoms with Gasteiger partial charge in [-0.1, -0.05) is 0 Å². The Morgan fingerprint density at radius 1 is 1.33 bits per heavy atom. The number of aliphatic hydroxyl groups is 1. The second-order valence-electron chi connectivity index (χ2n) is 3.55. The van der Waals surface area contributed by atoms with Crippen LogP contribution in [0, 0.1) is 6.92 Å². The fraction of sp³-hybridized carbons (Fsp3) is 0.250. The van der Waals surface area contributed by atoms with Crippen molar-refractivity contribution in [2.75, 3.05) is 0 Å². The monoisotopic (exact) mass is 219 g/mol. The molecule has 0 aliphatic rings. The summed E-state index contributed by atoms with van der Waals surface area (Å²) in [5, 5.41) is 9.65. The molecule has 1 N–H and O–H groups in total. The molecule has 1 atom stereocenters. The van der Waals surface area contributed by atoms with E-state index in [9.17, 15) is 5.11 Å². The maximum atomic E-state index is 9.65. The van der Waals surface area contributed by atoms with Crippen LogP contribution in [0.3, 0.4) is 0 Å². The molecule has 2 aromatic rings. The normalized spacial score (nSPS) is 12.7. The van der Waals surface area contributed by atoms with E-state index in [0.29, 0.717) is 0 Å². The standard InChI is InChI=1S/C12H13NOS/c1-8-3-4-12(15-8)11-7-13-6-5-10(11)9(2)14/h3-7,9,14H,1-2H3. The summed E-state index contributed by atoms with van der Waals surface area (Å²) in [6.45, 7) is 3.85. The van der Waals surface area contributed by atoms with Gasteiger partial charge in [-0.25, -0.2) is 0 Å². The molecule has 3 heteroatoms. The van der Waals surface area contributed by atoms with Crippen molar-refractivity contribution in [3.05, 3.63) is 41.0 Å². The average Bonchev–Trinajstić information content (AvgIpc) is 2.65. The van der Waals surface area contributed by atoms with Crippen LogP contribution in [-0.2, 0) is 0 Å². The summed E-state index contributed by atoms with van der Waals surface area (Å²) in [4.78, 5) is 6.54. The Hall–Kier alpha value is -1.19. The molecule has 0 amide bonds. The number of aliphatic hydroxyl groups excluding tert-OH is 1. The summed E-state index contributed by atoms with van der Waals surface area (Å²) in [5.74, 6) is 0. The van der Waals surface area contributed by atoms with Crippen molar-refractivity contribution in [1.29, 1.82) is 0 Å². The molecule has 0 radical (unpaired) electrons. The lowest BCUT2D eigenvalue weighted by Crippen LogP contribution is -1.94. The van der Waals surface area contributed by atoms with Crippen LogP contribution in [0.1, 0.15) is 23.5 Å². The lowest BCUT2D eigenvalue weighted by molar-refractivity contribution is 0.200. The van der Waals surface area contributed by atoms with Crippen molar-refractivity contribution >= 4 is 11.3 Å². The van der Waals surface area contributed by atoms with E-state index in [-0.39, 0.29) is 0 Å². The van der Waals surface area contributed by atoms with Gasteiger partial charge in [0.15, 0.2) is 0 Å². The number of hydrogen-bond acceptors (Lipinski definition) is 3. The fourth-order valence-corrected chi connectivity index (χ4v) is 2.45. The summed E-state index contributed by atoms with van der Waals surface area (Å²) in [7, 11) is 0. The highest BCUT2D eigenvalue weighted by atomic mass is 32.1. The average molecular weight is 219 g/mol. The Kier molecular flexibility index (Phi) is 2.84. The van der Waals surface area contributed by atoms with E-state index >= 15 is 0 Å². The van der Waals surface area contributed by atoms with E-state index in [4.69, 9.17) is 0 Å². The predicted molar refractivity (Wildman–Crippen MR) is 62.9 cm³/mol. The predicted octanol–water partition coefficient (Wildman–Crippen LogP) is 3.17. The van der Waals surface area contributed by atoms with Crippen molar-refractivity contribution in [2.45, 2.75) is 20.0 Å². The smallest absolute Gasteiger partial charge is 0.0769 e. The van der Waals surface area contributed by atoms with Crippen LogP contribution in [-0.4, -0.2) is 10.1 Å². The molecule has 0 saturated heterocycles. The molecule has 2 rings (SSSR count). The lowest BCUT2D eigenvalue weighted by atomic mass is 10.1. The number of aryl methyl sites for hydroxylation is 1. The van der Waals surface area contributed by atoms with Gasteiger partial charge in [-0.3, -0.25) is 4.98 Å². The van der Waals surface area contributed by atoms with Crippen LogP contribution in [0.5, 0.6) is 0 Å². The topological polar surface area (TPSA) is 33.1 Å². The molecule has 1 unspecified atom stereocenters. The van der Waals surface area contributed by atoms with Gasteiger partial charge in [-0.2, -0.15) is 0 Å². The Morgan fingerprint density at radius 2 is 2.13 bits per heavy atom. The van der Waals surface area contributed by atoms with Gasteiger partial charge in [0, 0.05) is 27.7 Å². The summed E-state index contributed by atoms with van der Waals surface area (Å²) in [5.41, 5.74) is 1.97. The molecular weight excluding hydrogens is 206 g/mol. The van der Waals surface area contributed by atoms with Crippen LogP contribution in [0.4, 0.5) is 0 Å². The zero-order valence-corrected chi connectivity index (χ0v) is 9.58. The molecule has 2 heterocycles. The molecule has 0 aliphatic heterocycles. The molecule has 0 fully saturated rings. The third-order valence-electron chi connectivity index (χ3n) is 2.31. The third-order valence-corrected chi connectivity index (χ3v) is 3.34. The van der Waals surface area contributed by atoms with Crippen LogP contribution in [0.15, 0.2) is 30.6 Å². The minimum atomic E-state index is -0.453. The highest BCUT2D eigenvalue weighted by Gasteiger charge is 2.10. The van der Waals surface area contributed by atoms with E-state index in [0.717, 1.165) is 16.0 Å². The van der Waals surface area contributed by atoms with E-state index in [2.05, 4.69) is 24.0 Å². The molecule has 78 valence electrons. The van der Waals surface area contributed by atoms with Crippen LogP contribution < -0.4 is 0 Å². The SMILES string of the molecule is Cc1ccc(-c2cnccc2C(C)O)s1. The molecule has 2 aromatic heterocycles. The fourth-order valence-electron chi connectivity index (χ4n) is 1.55. The summed E-state index contributed by atoms with van der Waals surface area (Å²) >= 11 is 1.72. The highest BCUT2D eigenvalue weighted by molar-refractivity contribution is 7.15. The van der Waals surface area contributed by atoms with Gasteiger partial charge in [0.1, 0.15) is 0 Å². The van der Waals surface area contributed by atoms with Crippen molar-refractivity contribution in [1.82, 2.24) is 4.98 Å². The van der Waals surface area contributed by atoms with Crippen molar-refractivity contribution in [3.63, 3.8) is 0 Å². The van der Waals surface area contributed by atoms with Crippen LogP contribution in [0.2, 0.25) is 0 Å². The summed E-state index contributed by atoms with van der Waals surface area (Å²) < 4.78 is 0. The van der Waals surface area contributed by atoms with Gasteiger partial charge in [-0.05, 0) is 37.6 Å². The first-order valence-corrected chi connectivity index (χ1v) is 5.69. The van der Waals surface area contributed by atoms with Crippen LogP contribution in [0.25, 0.3) is 10.4 Å². The van der Waals surface area contributed by atoms with Crippen molar-refractivity contribution in [2.24, 2.45) is 0 Å². The quantitative estimate of drug-likeness (QED) is 0.841. The third kappa shape index (κ3) is 2.08. The lowest BCUT2D eigenvalue weighted by Gasteiger charge is -2.09. The molecule has 0 saturated carbocycles. The number of nitrogens with zero attached hydrogens (tertiary/aromatic N) is 1. The Bertz CT molecular complexity index is 462. The Morgan fingerprint density at radius 3 is 2.73 bits per heavy atom. The minimum Gasteiger partial charge on any atom is -0.389 e. The highest BCUT2D eigenvalue weighted by Crippen LogP contribution is 2.32. The molecule has 2 nitrogen and oxygen atoms in total. The van der Waals surface area contributed by atoms with Gasteiger partial charge in [-0.15, -0.1) is 11.3 Å². The first-order valence-electron chi connectivity index (χ1n) is 4.87. The van der Waals surface area contributed by atoms with Crippen molar-refractivity contribution < 1.29 is 5.11 Å². The van der Waals surface area contributed by atoms with Crippen LogP contribution >= 0.6 is 11.3 Å².